The van der Waals surface area contributed by atoms with Crippen molar-refractivity contribution < 1.29 is 4.52 Å². The molecule has 0 spiro atoms. The molecule has 0 aliphatic heterocycles. The highest BCUT2D eigenvalue weighted by molar-refractivity contribution is 5.60. The maximum absolute atomic E-state index is 12.4. The summed E-state index contributed by atoms with van der Waals surface area (Å²) in [4.78, 5) is 16.8. The molecule has 7 heteroatoms. The quantitative estimate of drug-likeness (QED) is 0.732. The summed E-state index contributed by atoms with van der Waals surface area (Å²) in [5.74, 6) is 0.630. The summed E-state index contributed by atoms with van der Waals surface area (Å²) in [6.07, 6.45) is 6.09. The summed E-state index contributed by atoms with van der Waals surface area (Å²) in [6.45, 7) is 2.32. The van der Waals surface area contributed by atoms with Gasteiger partial charge in [0.2, 0.25) is 0 Å². The van der Waals surface area contributed by atoms with Crippen LogP contribution < -0.4 is 5.56 Å². The van der Waals surface area contributed by atoms with Crippen molar-refractivity contribution in [2.24, 2.45) is 7.05 Å². The van der Waals surface area contributed by atoms with E-state index in [2.05, 4.69) is 15.2 Å². The smallest absolute Gasteiger partial charge is 0.257 e. The SMILES string of the molecule is Cc1c(-c2cc(Cn3cnc4c(c3=O)CCC4)on2)cnn1C. The van der Waals surface area contributed by atoms with Crippen LogP contribution >= 0.6 is 0 Å². The molecule has 0 atom stereocenters. The molecule has 0 amide bonds. The molecule has 7 nitrogen and oxygen atoms in total. The highest BCUT2D eigenvalue weighted by Gasteiger charge is 2.18. The molecule has 118 valence electrons. The molecular formula is C16H17N5O2. The third-order valence-corrected chi connectivity index (χ3v) is 4.46. The van der Waals surface area contributed by atoms with E-state index in [0.29, 0.717) is 12.3 Å². The number of aromatic nitrogens is 5. The van der Waals surface area contributed by atoms with Gasteiger partial charge < -0.3 is 4.52 Å². The minimum Gasteiger partial charge on any atom is -0.359 e. The normalized spacial score (nSPS) is 13.5. The zero-order chi connectivity index (χ0) is 16.0. The van der Waals surface area contributed by atoms with Crippen LogP contribution in [0.2, 0.25) is 0 Å². The van der Waals surface area contributed by atoms with E-state index in [1.807, 2.05) is 20.0 Å². The van der Waals surface area contributed by atoms with Crippen molar-refractivity contribution in [2.75, 3.05) is 0 Å². The van der Waals surface area contributed by atoms with Crippen molar-refractivity contribution in [3.8, 4) is 11.3 Å². The second kappa shape index (κ2) is 5.19. The van der Waals surface area contributed by atoms with E-state index in [1.165, 1.54) is 0 Å². The zero-order valence-electron chi connectivity index (χ0n) is 13.1. The molecule has 0 bridgehead atoms. The van der Waals surface area contributed by atoms with E-state index < -0.39 is 0 Å². The molecule has 3 aromatic rings. The number of nitrogens with zero attached hydrogens (tertiary/aromatic N) is 5. The lowest BCUT2D eigenvalue weighted by atomic mass is 10.2. The number of hydrogen-bond donors (Lipinski definition) is 0. The average Bonchev–Trinajstić information content (AvgIpc) is 3.25. The topological polar surface area (TPSA) is 78.7 Å². The van der Waals surface area contributed by atoms with Gasteiger partial charge in [-0.3, -0.25) is 14.0 Å². The molecule has 0 fully saturated rings. The summed E-state index contributed by atoms with van der Waals surface area (Å²) >= 11 is 0. The first-order valence-electron chi connectivity index (χ1n) is 7.65. The van der Waals surface area contributed by atoms with E-state index in [-0.39, 0.29) is 5.56 Å². The Morgan fingerprint density at radius 3 is 3.00 bits per heavy atom. The summed E-state index contributed by atoms with van der Waals surface area (Å²) in [5, 5.41) is 8.30. The fourth-order valence-electron chi connectivity index (χ4n) is 3.01. The molecule has 0 aromatic carbocycles. The van der Waals surface area contributed by atoms with Crippen LogP contribution in [0.1, 0.15) is 29.1 Å². The van der Waals surface area contributed by atoms with Crippen LogP contribution in [0.25, 0.3) is 11.3 Å². The third kappa shape index (κ3) is 2.28. The molecule has 23 heavy (non-hydrogen) atoms. The lowest BCUT2D eigenvalue weighted by molar-refractivity contribution is 0.376. The van der Waals surface area contributed by atoms with Crippen molar-refractivity contribution in [2.45, 2.75) is 32.7 Å². The number of hydrogen-bond acceptors (Lipinski definition) is 5. The first-order valence-corrected chi connectivity index (χ1v) is 7.65. The summed E-state index contributed by atoms with van der Waals surface area (Å²) in [6, 6.07) is 1.85. The van der Waals surface area contributed by atoms with Crippen molar-refractivity contribution in [1.82, 2.24) is 24.5 Å². The molecule has 3 aromatic heterocycles. The summed E-state index contributed by atoms with van der Waals surface area (Å²) < 4.78 is 8.77. The molecule has 4 rings (SSSR count). The van der Waals surface area contributed by atoms with Gasteiger partial charge in [-0.15, -0.1) is 0 Å². The predicted octanol–water partition coefficient (Wildman–Crippen LogP) is 1.48. The molecule has 3 heterocycles. The fraction of sp³-hybridized carbons (Fsp3) is 0.375. The van der Waals surface area contributed by atoms with E-state index in [9.17, 15) is 4.79 Å². The Morgan fingerprint density at radius 1 is 1.35 bits per heavy atom. The number of aryl methyl sites for hydroxylation is 2. The Labute approximate surface area is 132 Å². The highest BCUT2D eigenvalue weighted by Crippen LogP contribution is 2.22. The van der Waals surface area contributed by atoms with Crippen LogP contribution in [0.3, 0.4) is 0 Å². The summed E-state index contributed by atoms with van der Waals surface area (Å²) in [5.41, 5.74) is 4.49. The monoisotopic (exact) mass is 311 g/mol. The van der Waals surface area contributed by atoms with Crippen LogP contribution in [0.15, 0.2) is 27.9 Å². The third-order valence-electron chi connectivity index (χ3n) is 4.46. The van der Waals surface area contributed by atoms with Crippen LogP contribution in [0.4, 0.5) is 0 Å². The van der Waals surface area contributed by atoms with Gasteiger partial charge in [0.05, 0.1) is 24.8 Å². The van der Waals surface area contributed by atoms with Gasteiger partial charge in [-0.05, 0) is 26.2 Å². The second-order valence-corrected chi connectivity index (χ2v) is 5.90. The molecule has 1 aliphatic carbocycles. The fourth-order valence-corrected chi connectivity index (χ4v) is 3.01. The molecule has 0 radical (unpaired) electrons. The van der Waals surface area contributed by atoms with Crippen LogP contribution in [0.5, 0.6) is 0 Å². The summed E-state index contributed by atoms with van der Waals surface area (Å²) in [7, 11) is 1.88. The van der Waals surface area contributed by atoms with Crippen molar-refractivity contribution in [3.05, 3.63) is 51.7 Å². The molecule has 0 saturated heterocycles. The van der Waals surface area contributed by atoms with Gasteiger partial charge in [-0.25, -0.2) is 4.98 Å². The largest absolute Gasteiger partial charge is 0.359 e. The Balaban J connectivity index is 1.64. The van der Waals surface area contributed by atoms with E-state index in [1.54, 1.807) is 21.8 Å². The Bertz CT molecular complexity index is 934. The number of rotatable bonds is 3. The predicted molar refractivity (Wildman–Crippen MR) is 83.1 cm³/mol. The van der Waals surface area contributed by atoms with Gasteiger partial charge in [-0.2, -0.15) is 5.10 Å². The molecule has 0 saturated carbocycles. The van der Waals surface area contributed by atoms with Crippen LogP contribution in [-0.4, -0.2) is 24.5 Å². The lowest BCUT2D eigenvalue weighted by Gasteiger charge is -2.04. The van der Waals surface area contributed by atoms with Gasteiger partial charge in [0.15, 0.2) is 5.76 Å². The minimum atomic E-state index is 0.0306. The first kappa shape index (κ1) is 13.9. The van der Waals surface area contributed by atoms with Crippen molar-refractivity contribution in [3.63, 3.8) is 0 Å². The van der Waals surface area contributed by atoms with Crippen molar-refractivity contribution in [1.29, 1.82) is 0 Å². The molecule has 0 N–H and O–H groups in total. The lowest BCUT2D eigenvalue weighted by Crippen LogP contribution is -2.24. The average molecular weight is 311 g/mol. The standard InChI is InChI=1S/C16H17N5O2/c1-10-13(7-18-20(10)2)15-6-11(23-19-15)8-21-9-17-14-5-3-4-12(14)16(21)22/h6-7,9H,3-5,8H2,1-2H3. The minimum absolute atomic E-state index is 0.0306. The van der Waals surface area contributed by atoms with Gasteiger partial charge >= 0.3 is 0 Å². The van der Waals surface area contributed by atoms with Crippen LogP contribution in [-0.2, 0) is 26.4 Å². The second-order valence-electron chi connectivity index (χ2n) is 5.90. The molecular weight excluding hydrogens is 294 g/mol. The van der Waals surface area contributed by atoms with Gasteiger partial charge in [-0.1, -0.05) is 5.16 Å². The Hall–Kier alpha value is -2.70. The Kier molecular flexibility index (Phi) is 3.14. The van der Waals surface area contributed by atoms with Crippen LogP contribution in [0, 0.1) is 6.92 Å². The van der Waals surface area contributed by atoms with Gasteiger partial charge in [0, 0.05) is 29.9 Å². The molecule has 0 unspecified atom stereocenters. The number of fused-ring (bicyclic) bond motifs is 1. The van der Waals surface area contributed by atoms with Crippen molar-refractivity contribution >= 4 is 0 Å². The van der Waals surface area contributed by atoms with E-state index in [0.717, 1.165) is 47.5 Å². The zero-order valence-corrected chi connectivity index (χ0v) is 13.1. The van der Waals surface area contributed by atoms with E-state index >= 15 is 0 Å². The maximum Gasteiger partial charge on any atom is 0.257 e. The highest BCUT2D eigenvalue weighted by atomic mass is 16.5. The van der Waals surface area contributed by atoms with Gasteiger partial charge in [0.25, 0.3) is 5.56 Å². The molecule has 1 aliphatic rings. The first-order chi connectivity index (χ1) is 11.1. The van der Waals surface area contributed by atoms with Gasteiger partial charge in [0.1, 0.15) is 5.69 Å². The van der Waals surface area contributed by atoms with E-state index in [4.69, 9.17) is 4.52 Å². The Morgan fingerprint density at radius 2 is 2.22 bits per heavy atom. The maximum atomic E-state index is 12.4.